The maximum Gasteiger partial charge on any atom is 0.151 e. The maximum atomic E-state index is 8.41. The van der Waals surface area contributed by atoms with Crippen LogP contribution in [-0.2, 0) is 0 Å². The summed E-state index contributed by atoms with van der Waals surface area (Å²) in [6, 6.07) is 0. The Labute approximate surface area is 112 Å². The molecule has 0 radical (unpaired) electrons. The summed E-state index contributed by atoms with van der Waals surface area (Å²) in [5.74, 6) is 0. The predicted octanol–water partition coefficient (Wildman–Crippen LogP) is 2.54. The molecule has 0 saturated carbocycles. The van der Waals surface area contributed by atoms with E-state index in [1.54, 1.807) is 0 Å². The lowest BCUT2D eigenvalue weighted by molar-refractivity contribution is -0.0472. The smallest absolute Gasteiger partial charge is 0.151 e. The molecule has 18 heavy (non-hydrogen) atoms. The van der Waals surface area contributed by atoms with Crippen molar-refractivity contribution in [3.8, 4) is 0 Å². The van der Waals surface area contributed by atoms with Crippen molar-refractivity contribution in [3.63, 3.8) is 0 Å². The summed E-state index contributed by atoms with van der Waals surface area (Å²) < 4.78 is 0. The van der Waals surface area contributed by atoms with Crippen molar-refractivity contribution in [2.24, 2.45) is 0 Å². The van der Waals surface area contributed by atoms with Crippen LogP contribution >= 0.6 is 0 Å². The predicted molar refractivity (Wildman–Crippen MR) is 74.0 cm³/mol. The SMILES string of the molecule is CCCCCCC(O)O.CCCCCCC(O)O. The van der Waals surface area contributed by atoms with E-state index in [0.29, 0.717) is 12.8 Å². The zero-order valence-corrected chi connectivity index (χ0v) is 12.0. The lowest BCUT2D eigenvalue weighted by Crippen LogP contribution is -2.02. The zero-order chi connectivity index (χ0) is 14.2. The van der Waals surface area contributed by atoms with Crippen LogP contribution in [0.15, 0.2) is 0 Å². The summed E-state index contributed by atoms with van der Waals surface area (Å²) >= 11 is 0. The first-order valence-electron chi connectivity index (χ1n) is 7.26. The van der Waals surface area contributed by atoms with Crippen molar-refractivity contribution in [2.75, 3.05) is 0 Å². The van der Waals surface area contributed by atoms with Crippen LogP contribution in [0, 0.1) is 0 Å². The van der Waals surface area contributed by atoms with Gasteiger partial charge in [0, 0.05) is 0 Å². The second-order valence-electron chi connectivity index (χ2n) is 4.66. The molecule has 0 spiro atoms. The molecule has 0 unspecified atom stereocenters. The van der Waals surface area contributed by atoms with E-state index in [1.165, 1.54) is 25.7 Å². The van der Waals surface area contributed by atoms with Crippen LogP contribution in [-0.4, -0.2) is 33.0 Å². The van der Waals surface area contributed by atoms with Crippen molar-refractivity contribution in [1.29, 1.82) is 0 Å². The lowest BCUT2D eigenvalue weighted by Gasteiger charge is -2.00. The van der Waals surface area contributed by atoms with Gasteiger partial charge in [-0.3, -0.25) is 0 Å². The minimum atomic E-state index is -1.10. The zero-order valence-electron chi connectivity index (χ0n) is 12.0. The molecule has 0 rings (SSSR count). The summed E-state index contributed by atoms with van der Waals surface area (Å²) in [4.78, 5) is 0. The third-order valence-corrected chi connectivity index (χ3v) is 2.63. The van der Waals surface area contributed by atoms with E-state index in [1.807, 2.05) is 0 Å². The van der Waals surface area contributed by atoms with Crippen molar-refractivity contribution in [3.05, 3.63) is 0 Å². The van der Waals surface area contributed by atoms with Crippen molar-refractivity contribution in [1.82, 2.24) is 0 Å². The number of unbranched alkanes of at least 4 members (excludes halogenated alkanes) is 6. The molecule has 0 atom stereocenters. The quantitative estimate of drug-likeness (QED) is 0.361. The van der Waals surface area contributed by atoms with E-state index in [0.717, 1.165) is 25.7 Å². The average Bonchev–Trinajstić information content (AvgIpc) is 2.31. The van der Waals surface area contributed by atoms with Gasteiger partial charge in [-0.1, -0.05) is 52.4 Å². The molecule has 4 N–H and O–H groups in total. The summed E-state index contributed by atoms with van der Waals surface area (Å²) in [6.07, 6.45) is 7.77. The van der Waals surface area contributed by atoms with Gasteiger partial charge < -0.3 is 20.4 Å². The van der Waals surface area contributed by atoms with Gasteiger partial charge in [-0.2, -0.15) is 0 Å². The van der Waals surface area contributed by atoms with Crippen molar-refractivity contribution in [2.45, 2.75) is 90.6 Å². The molecule has 0 heterocycles. The normalized spacial score (nSPS) is 10.7. The molecule has 4 heteroatoms. The fraction of sp³-hybridized carbons (Fsp3) is 1.00. The minimum absolute atomic E-state index is 0.528. The van der Waals surface area contributed by atoms with Gasteiger partial charge >= 0.3 is 0 Å². The minimum Gasteiger partial charge on any atom is -0.368 e. The van der Waals surface area contributed by atoms with Gasteiger partial charge in [0.2, 0.25) is 0 Å². The van der Waals surface area contributed by atoms with E-state index in [9.17, 15) is 0 Å². The van der Waals surface area contributed by atoms with Gasteiger partial charge in [-0.05, 0) is 25.7 Å². The average molecular weight is 264 g/mol. The highest BCUT2D eigenvalue weighted by Crippen LogP contribution is 2.03. The van der Waals surface area contributed by atoms with E-state index < -0.39 is 12.6 Å². The molecule has 0 aromatic carbocycles. The van der Waals surface area contributed by atoms with Crippen LogP contribution in [0.2, 0.25) is 0 Å². The molecule has 0 amide bonds. The molecule has 0 aromatic heterocycles. The Morgan fingerprint density at radius 1 is 0.556 bits per heavy atom. The second kappa shape index (κ2) is 16.8. The first kappa shape index (κ1) is 20.2. The van der Waals surface area contributed by atoms with Crippen LogP contribution in [0.1, 0.15) is 78.1 Å². The number of aliphatic hydroxyl groups excluding tert-OH is 2. The number of hydrogen-bond acceptors (Lipinski definition) is 4. The lowest BCUT2D eigenvalue weighted by atomic mass is 10.1. The topological polar surface area (TPSA) is 80.9 Å². The van der Waals surface area contributed by atoms with Crippen molar-refractivity contribution < 1.29 is 20.4 Å². The highest BCUT2D eigenvalue weighted by Gasteiger charge is 1.95. The summed E-state index contributed by atoms with van der Waals surface area (Å²) in [5, 5.41) is 33.6. The van der Waals surface area contributed by atoms with Gasteiger partial charge in [0.05, 0.1) is 0 Å². The van der Waals surface area contributed by atoms with Crippen LogP contribution in [0.3, 0.4) is 0 Å². The fourth-order valence-electron chi connectivity index (χ4n) is 1.51. The number of aliphatic hydroxyl groups is 4. The molecule has 0 aliphatic carbocycles. The van der Waals surface area contributed by atoms with Gasteiger partial charge in [-0.25, -0.2) is 0 Å². The highest BCUT2D eigenvalue weighted by molar-refractivity contribution is 4.43. The Kier molecular flexibility index (Phi) is 18.9. The van der Waals surface area contributed by atoms with E-state index in [2.05, 4.69) is 13.8 Å². The molecular weight excluding hydrogens is 232 g/mol. The number of hydrogen-bond donors (Lipinski definition) is 4. The van der Waals surface area contributed by atoms with Gasteiger partial charge in [0.1, 0.15) is 0 Å². The standard InChI is InChI=1S/2C7H16O2/c2*1-2-3-4-5-6-7(8)9/h2*7-9H,2-6H2,1H3. The van der Waals surface area contributed by atoms with E-state index in [4.69, 9.17) is 20.4 Å². The summed E-state index contributed by atoms with van der Waals surface area (Å²) in [7, 11) is 0. The fourth-order valence-corrected chi connectivity index (χ4v) is 1.51. The van der Waals surface area contributed by atoms with Crippen LogP contribution in [0.5, 0.6) is 0 Å². The van der Waals surface area contributed by atoms with Gasteiger partial charge in [0.25, 0.3) is 0 Å². The molecule has 0 fully saturated rings. The first-order valence-corrected chi connectivity index (χ1v) is 7.26. The second-order valence-corrected chi connectivity index (χ2v) is 4.66. The Hall–Kier alpha value is -0.160. The first-order chi connectivity index (χ1) is 8.54. The summed E-state index contributed by atoms with van der Waals surface area (Å²) in [5.41, 5.74) is 0. The van der Waals surface area contributed by atoms with Gasteiger partial charge in [0.15, 0.2) is 12.6 Å². The van der Waals surface area contributed by atoms with Crippen molar-refractivity contribution >= 4 is 0 Å². The Morgan fingerprint density at radius 3 is 1.11 bits per heavy atom. The maximum absolute atomic E-state index is 8.41. The van der Waals surface area contributed by atoms with Crippen LogP contribution in [0.25, 0.3) is 0 Å². The third kappa shape index (κ3) is 24.9. The van der Waals surface area contributed by atoms with E-state index in [-0.39, 0.29) is 0 Å². The van der Waals surface area contributed by atoms with Gasteiger partial charge in [-0.15, -0.1) is 0 Å². The molecule has 0 bridgehead atoms. The Balaban J connectivity index is 0. The molecule has 0 aliphatic rings. The number of rotatable bonds is 10. The highest BCUT2D eigenvalue weighted by atomic mass is 16.5. The Bertz CT molecular complexity index is 122. The molecule has 0 saturated heterocycles. The summed E-state index contributed by atoms with van der Waals surface area (Å²) in [6.45, 7) is 4.27. The van der Waals surface area contributed by atoms with E-state index >= 15 is 0 Å². The third-order valence-electron chi connectivity index (χ3n) is 2.63. The molecule has 0 aromatic rings. The van der Waals surface area contributed by atoms with Crippen LogP contribution in [0.4, 0.5) is 0 Å². The van der Waals surface area contributed by atoms with Crippen LogP contribution < -0.4 is 0 Å². The Morgan fingerprint density at radius 2 is 0.889 bits per heavy atom. The molecule has 112 valence electrons. The molecule has 0 aliphatic heterocycles. The monoisotopic (exact) mass is 264 g/mol. The largest absolute Gasteiger partial charge is 0.368 e. The molecular formula is C14H32O4. The molecule has 4 nitrogen and oxygen atoms in total.